The van der Waals surface area contributed by atoms with Gasteiger partial charge in [-0.05, 0) is 45.2 Å². The third-order valence-electron chi connectivity index (χ3n) is 3.88. The molecule has 0 radical (unpaired) electrons. The summed E-state index contributed by atoms with van der Waals surface area (Å²) in [5.41, 5.74) is 5.09. The van der Waals surface area contributed by atoms with Crippen molar-refractivity contribution in [2.75, 3.05) is 26.7 Å². The van der Waals surface area contributed by atoms with Crippen LogP contribution in [0.3, 0.4) is 0 Å². The molecule has 0 bridgehead atoms. The largest absolute Gasteiger partial charge is 0.468 e. The number of esters is 1. The molecule has 0 saturated carbocycles. The van der Waals surface area contributed by atoms with Crippen LogP contribution < -0.4 is 5.73 Å². The summed E-state index contributed by atoms with van der Waals surface area (Å²) < 4.78 is 4.71. The summed E-state index contributed by atoms with van der Waals surface area (Å²) in [5.74, 6) is 0.567. The lowest BCUT2D eigenvalue weighted by Gasteiger charge is -2.33. The Morgan fingerprint density at radius 2 is 2.06 bits per heavy atom. The molecular formula is C13H26N2O2. The Balaban J connectivity index is 2.30. The van der Waals surface area contributed by atoms with Crippen LogP contribution in [0.1, 0.15) is 39.5 Å². The molecule has 0 aromatic heterocycles. The molecule has 0 amide bonds. The minimum atomic E-state index is -0.851. The second kappa shape index (κ2) is 6.36. The molecule has 1 rings (SSSR count). The molecule has 0 aliphatic carbocycles. The standard InChI is InChI=1S/C13H26N2O2/c1-4-11-5-8-15(9-6-11)10-7-13(2,14)12(16)17-3/h11H,4-10,14H2,1-3H3. The van der Waals surface area contributed by atoms with E-state index in [2.05, 4.69) is 11.8 Å². The Kier molecular flexibility index (Phi) is 5.40. The molecular weight excluding hydrogens is 216 g/mol. The van der Waals surface area contributed by atoms with Gasteiger partial charge in [0.25, 0.3) is 0 Å². The lowest BCUT2D eigenvalue weighted by Crippen LogP contribution is -2.48. The number of methoxy groups -OCH3 is 1. The van der Waals surface area contributed by atoms with Crippen molar-refractivity contribution >= 4 is 5.97 Å². The molecule has 1 aliphatic heterocycles. The number of rotatable bonds is 5. The predicted molar refractivity (Wildman–Crippen MR) is 68.7 cm³/mol. The van der Waals surface area contributed by atoms with E-state index in [1.807, 2.05) is 0 Å². The van der Waals surface area contributed by atoms with E-state index in [9.17, 15) is 4.79 Å². The number of likely N-dealkylation sites (tertiary alicyclic amines) is 1. The van der Waals surface area contributed by atoms with E-state index < -0.39 is 5.54 Å². The summed E-state index contributed by atoms with van der Waals surface area (Å²) in [6, 6.07) is 0. The van der Waals surface area contributed by atoms with Crippen LogP contribution in [0, 0.1) is 5.92 Å². The Morgan fingerprint density at radius 1 is 1.47 bits per heavy atom. The van der Waals surface area contributed by atoms with Crippen LogP contribution in [0.5, 0.6) is 0 Å². The smallest absolute Gasteiger partial charge is 0.325 e. The molecule has 1 atom stereocenters. The van der Waals surface area contributed by atoms with E-state index in [4.69, 9.17) is 10.5 Å². The van der Waals surface area contributed by atoms with Crippen molar-refractivity contribution in [1.29, 1.82) is 0 Å². The van der Waals surface area contributed by atoms with Crippen molar-refractivity contribution < 1.29 is 9.53 Å². The zero-order chi connectivity index (χ0) is 12.9. The lowest BCUT2D eigenvalue weighted by atomic mass is 9.93. The van der Waals surface area contributed by atoms with Crippen molar-refractivity contribution in [2.24, 2.45) is 11.7 Å². The number of ether oxygens (including phenoxy) is 1. The Labute approximate surface area is 104 Å². The van der Waals surface area contributed by atoms with Crippen LogP contribution in [0.2, 0.25) is 0 Å². The molecule has 1 saturated heterocycles. The zero-order valence-electron chi connectivity index (χ0n) is 11.4. The first-order valence-corrected chi connectivity index (χ1v) is 6.59. The molecule has 1 aliphatic rings. The van der Waals surface area contributed by atoms with Crippen LogP contribution in [-0.4, -0.2) is 43.2 Å². The van der Waals surface area contributed by atoms with Crippen LogP contribution in [0.15, 0.2) is 0 Å². The van der Waals surface area contributed by atoms with Gasteiger partial charge in [0.05, 0.1) is 7.11 Å². The summed E-state index contributed by atoms with van der Waals surface area (Å²) in [6.07, 6.45) is 4.49. The average molecular weight is 242 g/mol. The van der Waals surface area contributed by atoms with Gasteiger partial charge in [0.1, 0.15) is 5.54 Å². The Hall–Kier alpha value is -0.610. The summed E-state index contributed by atoms with van der Waals surface area (Å²) in [4.78, 5) is 13.8. The van der Waals surface area contributed by atoms with Gasteiger partial charge >= 0.3 is 5.97 Å². The Morgan fingerprint density at radius 3 is 2.53 bits per heavy atom. The van der Waals surface area contributed by atoms with E-state index in [1.54, 1.807) is 6.92 Å². The highest BCUT2D eigenvalue weighted by atomic mass is 16.5. The van der Waals surface area contributed by atoms with Crippen LogP contribution in [0.4, 0.5) is 0 Å². The predicted octanol–water partition coefficient (Wildman–Crippen LogP) is 1.39. The minimum absolute atomic E-state index is 0.319. The number of hydrogen-bond acceptors (Lipinski definition) is 4. The third-order valence-corrected chi connectivity index (χ3v) is 3.88. The highest BCUT2D eigenvalue weighted by Crippen LogP contribution is 2.20. The normalized spacial score (nSPS) is 22.1. The van der Waals surface area contributed by atoms with Gasteiger partial charge < -0.3 is 15.4 Å². The van der Waals surface area contributed by atoms with Gasteiger partial charge in [-0.25, -0.2) is 0 Å². The number of nitrogens with two attached hydrogens (primary N) is 1. The highest BCUT2D eigenvalue weighted by Gasteiger charge is 2.30. The summed E-state index contributed by atoms with van der Waals surface area (Å²) in [5, 5.41) is 0. The van der Waals surface area contributed by atoms with E-state index in [0.29, 0.717) is 6.42 Å². The van der Waals surface area contributed by atoms with Crippen molar-refractivity contribution in [3.05, 3.63) is 0 Å². The number of piperidine rings is 1. The number of hydrogen-bond donors (Lipinski definition) is 1. The fraction of sp³-hybridized carbons (Fsp3) is 0.923. The molecule has 2 N–H and O–H groups in total. The maximum Gasteiger partial charge on any atom is 0.325 e. The van der Waals surface area contributed by atoms with E-state index in [-0.39, 0.29) is 5.97 Å². The maximum atomic E-state index is 11.4. The molecule has 0 spiro atoms. The number of carbonyl (C=O) groups is 1. The molecule has 100 valence electrons. The number of carbonyl (C=O) groups excluding carboxylic acids is 1. The van der Waals surface area contributed by atoms with Crippen LogP contribution >= 0.6 is 0 Å². The molecule has 0 aromatic rings. The molecule has 1 fully saturated rings. The van der Waals surface area contributed by atoms with Gasteiger partial charge in [0, 0.05) is 6.54 Å². The molecule has 4 heteroatoms. The lowest BCUT2D eigenvalue weighted by molar-refractivity contribution is -0.146. The van der Waals surface area contributed by atoms with Crippen molar-refractivity contribution in [3.63, 3.8) is 0 Å². The second-order valence-corrected chi connectivity index (χ2v) is 5.35. The van der Waals surface area contributed by atoms with Gasteiger partial charge in [-0.2, -0.15) is 0 Å². The number of nitrogens with zero attached hydrogens (tertiary/aromatic N) is 1. The zero-order valence-corrected chi connectivity index (χ0v) is 11.4. The fourth-order valence-electron chi connectivity index (χ4n) is 2.34. The van der Waals surface area contributed by atoms with E-state index in [0.717, 1.165) is 25.6 Å². The van der Waals surface area contributed by atoms with Gasteiger partial charge in [0.15, 0.2) is 0 Å². The quantitative estimate of drug-likeness (QED) is 0.740. The Bertz CT molecular complexity index is 246. The molecule has 4 nitrogen and oxygen atoms in total. The first-order chi connectivity index (χ1) is 7.99. The summed E-state index contributed by atoms with van der Waals surface area (Å²) in [7, 11) is 1.39. The van der Waals surface area contributed by atoms with Crippen LogP contribution in [-0.2, 0) is 9.53 Å². The topological polar surface area (TPSA) is 55.6 Å². The first kappa shape index (κ1) is 14.5. The monoisotopic (exact) mass is 242 g/mol. The SMILES string of the molecule is CCC1CCN(CCC(C)(N)C(=O)OC)CC1. The average Bonchev–Trinajstić information content (AvgIpc) is 2.36. The molecule has 1 unspecified atom stereocenters. The fourth-order valence-corrected chi connectivity index (χ4v) is 2.34. The van der Waals surface area contributed by atoms with Gasteiger partial charge in [-0.3, -0.25) is 4.79 Å². The minimum Gasteiger partial charge on any atom is -0.468 e. The third kappa shape index (κ3) is 4.28. The summed E-state index contributed by atoms with van der Waals surface area (Å²) in [6.45, 7) is 7.16. The van der Waals surface area contributed by atoms with Gasteiger partial charge in [-0.15, -0.1) is 0 Å². The van der Waals surface area contributed by atoms with E-state index in [1.165, 1.54) is 26.4 Å². The van der Waals surface area contributed by atoms with Crippen molar-refractivity contribution in [1.82, 2.24) is 4.90 Å². The first-order valence-electron chi connectivity index (χ1n) is 6.59. The van der Waals surface area contributed by atoms with Gasteiger partial charge in [0.2, 0.25) is 0 Å². The van der Waals surface area contributed by atoms with Crippen molar-refractivity contribution in [2.45, 2.75) is 45.1 Å². The highest BCUT2D eigenvalue weighted by molar-refractivity contribution is 5.79. The molecule has 17 heavy (non-hydrogen) atoms. The molecule has 0 aromatic carbocycles. The summed E-state index contributed by atoms with van der Waals surface area (Å²) >= 11 is 0. The van der Waals surface area contributed by atoms with Crippen LogP contribution in [0.25, 0.3) is 0 Å². The maximum absolute atomic E-state index is 11.4. The second-order valence-electron chi connectivity index (χ2n) is 5.35. The molecule has 1 heterocycles. The van der Waals surface area contributed by atoms with Crippen molar-refractivity contribution in [3.8, 4) is 0 Å². The van der Waals surface area contributed by atoms with Gasteiger partial charge in [-0.1, -0.05) is 13.3 Å². The van der Waals surface area contributed by atoms with E-state index >= 15 is 0 Å².